The monoisotopic (exact) mass is 546 g/mol. The first-order chi connectivity index (χ1) is 18.7. The first-order valence-corrected chi connectivity index (χ1v) is 12.6. The summed E-state index contributed by atoms with van der Waals surface area (Å²) in [6.07, 6.45) is 0.917. The minimum absolute atomic E-state index is 0.250. The molecule has 0 saturated carbocycles. The van der Waals surface area contributed by atoms with Crippen LogP contribution in [0.4, 0.5) is 23.0 Å². The quantitative estimate of drug-likeness (QED) is 0.231. The number of carbonyl (C=O) groups excluding carboxylic acids is 1. The third kappa shape index (κ3) is 5.34. The number of aryl methyl sites for hydroxylation is 1. The standard InChI is InChI=1S/C27H23ClN6O5/c1-16-7-8-22-20(13-16)24(17-5-3-2-4-6-17)31-27(29-22)32-11-9-18(10-12-32)26(35)30-25-21(28)14-19(33(36)37)15-23(25)34(38)39/h2-8,13-15,18H,9-12H2,1H3,(H,30,35). The van der Waals surface area contributed by atoms with E-state index in [1.807, 2.05) is 54.3 Å². The van der Waals surface area contributed by atoms with Crippen molar-refractivity contribution in [3.05, 3.63) is 91.5 Å². The minimum atomic E-state index is -0.806. The number of nitrogens with one attached hydrogen (secondary N) is 1. The maximum absolute atomic E-state index is 13.0. The number of non-ortho nitro benzene ring substituents is 1. The summed E-state index contributed by atoms with van der Waals surface area (Å²) in [7, 11) is 0. The summed E-state index contributed by atoms with van der Waals surface area (Å²) in [5.41, 5.74) is 2.33. The average molecular weight is 547 g/mol. The third-order valence-corrected chi connectivity index (χ3v) is 7.04. The second-order valence-corrected chi connectivity index (χ2v) is 9.75. The second-order valence-electron chi connectivity index (χ2n) is 9.35. The maximum Gasteiger partial charge on any atom is 0.301 e. The highest BCUT2D eigenvalue weighted by Crippen LogP contribution is 2.37. The molecule has 11 nitrogen and oxygen atoms in total. The van der Waals surface area contributed by atoms with Crippen molar-refractivity contribution in [1.82, 2.24) is 9.97 Å². The molecule has 1 aliphatic rings. The number of amides is 1. The van der Waals surface area contributed by atoms with Gasteiger partial charge >= 0.3 is 5.69 Å². The molecule has 1 aliphatic heterocycles. The normalized spacial score (nSPS) is 13.8. The molecule has 0 spiro atoms. The van der Waals surface area contributed by atoms with Gasteiger partial charge in [-0.1, -0.05) is 53.6 Å². The predicted molar refractivity (Wildman–Crippen MR) is 148 cm³/mol. The number of anilines is 2. The molecule has 0 bridgehead atoms. The van der Waals surface area contributed by atoms with Gasteiger partial charge < -0.3 is 10.2 Å². The largest absolute Gasteiger partial charge is 0.341 e. The fourth-order valence-electron chi connectivity index (χ4n) is 4.71. The first-order valence-electron chi connectivity index (χ1n) is 12.2. The fraction of sp³-hybridized carbons (Fsp3) is 0.222. The van der Waals surface area contributed by atoms with Crippen molar-refractivity contribution in [3.8, 4) is 11.3 Å². The van der Waals surface area contributed by atoms with E-state index in [-0.39, 0.29) is 10.7 Å². The Hall–Kier alpha value is -4.64. The second kappa shape index (κ2) is 10.6. The molecule has 2 heterocycles. The molecule has 1 amide bonds. The number of hydrogen-bond donors (Lipinski definition) is 1. The highest BCUT2D eigenvalue weighted by Gasteiger charge is 2.30. The Morgan fingerprint density at radius 3 is 2.38 bits per heavy atom. The molecule has 0 radical (unpaired) electrons. The van der Waals surface area contributed by atoms with Crippen molar-refractivity contribution in [1.29, 1.82) is 0 Å². The van der Waals surface area contributed by atoms with E-state index in [1.165, 1.54) is 0 Å². The van der Waals surface area contributed by atoms with Gasteiger partial charge in [0.15, 0.2) is 0 Å². The third-order valence-electron chi connectivity index (χ3n) is 6.75. The number of aromatic nitrogens is 2. The van der Waals surface area contributed by atoms with Crippen LogP contribution in [0.25, 0.3) is 22.2 Å². The van der Waals surface area contributed by atoms with Crippen LogP contribution >= 0.6 is 11.6 Å². The number of rotatable bonds is 6. The summed E-state index contributed by atoms with van der Waals surface area (Å²) in [6.45, 7) is 3.02. The Labute approximate surface area is 227 Å². The van der Waals surface area contributed by atoms with Crippen molar-refractivity contribution in [2.75, 3.05) is 23.3 Å². The zero-order valence-electron chi connectivity index (χ0n) is 20.8. The average Bonchev–Trinajstić information content (AvgIpc) is 2.93. The number of halogens is 1. The summed E-state index contributed by atoms with van der Waals surface area (Å²) in [4.78, 5) is 45.7. The van der Waals surface area contributed by atoms with Crippen LogP contribution in [0.3, 0.4) is 0 Å². The molecule has 1 saturated heterocycles. The molecule has 12 heteroatoms. The number of nitro groups is 2. The van der Waals surface area contributed by atoms with Gasteiger partial charge in [-0.05, 0) is 31.9 Å². The van der Waals surface area contributed by atoms with Gasteiger partial charge in [0.1, 0.15) is 5.69 Å². The molecule has 0 unspecified atom stereocenters. The van der Waals surface area contributed by atoms with Crippen LogP contribution in [-0.4, -0.2) is 38.8 Å². The number of nitro benzene ring substituents is 2. The number of fused-ring (bicyclic) bond motifs is 1. The molecule has 1 fully saturated rings. The molecular formula is C27H23ClN6O5. The molecule has 4 aromatic rings. The Kier molecular flexibility index (Phi) is 7.07. The smallest absolute Gasteiger partial charge is 0.301 e. The highest BCUT2D eigenvalue weighted by molar-refractivity contribution is 6.34. The fourth-order valence-corrected chi connectivity index (χ4v) is 4.96. The Morgan fingerprint density at radius 1 is 1.00 bits per heavy atom. The van der Waals surface area contributed by atoms with Crippen LogP contribution in [-0.2, 0) is 4.79 Å². The number of nitrogens with zero attached hydrogens (tertiary/aromatic N) is 5. The summed E-state index contributed by atoms with van der Waals surface area (Å²) in [5, 5.41) is 25.8. The highest BCUT2D eigenvalue weighted by atomic mass is 35.5. The maximum atomic E-state index is 13.0. The van der Waals surface area contributed by atoms with Crippen LogP contribution in [0.15, 0.2) is 60.7 Å². The minimum Gasteiger partial charge on any atom is -0.341 e. The van der Waals surface area contributed by atoms with E-state index >= 15 is 0 Å². The SMILES string of the molecule is Cc1ccc2nc(N3CCC(C(=O)Nc4c(Cl)cc([N+](=O)[O-])cc4[N+](=O)[O-])CC3)nc(-c3ccccc3)c2c1. The van der Waals surface area contributed by atoms with Gasteiger partial charge in [0, 0.05) is 36.0 Å². The van der Waals surface area contributed by atoms with Crippen molar-refractivity contribution in [2.24, 2.45) is 5.92 Å². The van der Waals surface area contributed by atoms with E-state index in [1.54, 1.807) is 0 Å². The summed E-state index contributed by atoms with van der Waals surface area (Å²) >= 11 is 6.08. The molecule has 0 aliphatic carbocycles. The lowest BCUT2D eigenvalue weighted by Gasteiger charge is -2.31. The van der Waals surface area contributed by atoms with Crippen LogP contribution in [0.1, 0.15) is 18.4 Å². The van der Waals surface area contributed by atoms with E-state index in [4.69, 9.17) is 21.6 Å². The lowest BCUT2D eigenvalue weighted by molar-refractivity contribution is -0.393. The number of piperidine rings is 1. The molecule has 3 aromatic carbocycles. The van der Waals surface area contributed by atoms with E-state index in [9.17, 15) is 25.0 Å². The van der Waals surface area contributed by atoms with Crippen LogP contribution in [0.2, 0.25) is 5.02 Å². The van der Waals surface area contributed by atoms with Gasteiger partial charge in [0.25, 0.3) is 5.69 Å². The lowest BCUT2D eigenvalue weighted by atomic mass is 9.96. The zero-order chi connectivity index (χ0) is 27.7. The first kappa shape index (κ1) is 26.0. The predicted octanol–water partition coefficient (Wildman–Crippen LogP) is 5.93. The van der Waals surface area contributed by atoms with E-state index in [0.717, 1.165) is 39.9 Å². The van der Waals surface area contributed by atoms with Gasteiger partial charge in [-0.2, -0.15) is 0 Å². The molecule has 5 rings (SSSR count). The molecule has 1 N–H and O–H groups in total. The zero-order valence-corrected chi connectivity index (χ0v) is 21.6. The van der Waals surface area contributed by atoms with Gasteiger partial charge in [0.05, 0.1) is 32.1 Å². The molecule has 198 valence electrons. The molecule has 0 atom stereocenters. The van der Waals surface area contributed by atoms with Crippen molar-refractivity contribution in [3.63, 3.8) is 0 Å². The lowest BCUT2D eigenvalue weighted by Crippen LogP contribution is -2.39. The van der Waals surface area contributed by atoms with E-state index in [2.05, 4.69) is 11.4 Å². The van der Waals surface area contributed by atoms with E-state index in [0.29, 0.717) is 31.9 Å². The summed E-state index contributed by atoms with van der Waals surface area (Å²) in [6, 6.07) is 17.7. The van der Waals surface area contributed by atoms with E-state index < -0.39 is 33.0 Å². The summed E-state index contributed by atoms with van der Waals surface area (Å²) in [5.74, 6) is -0.310. The molecule has 1 aromatic heterocycles. The van der Waals surface area contributed by atoms with Crippen molar-refractivity contribution in [2.45, 2.75) is 19.8 Å². The van der Waals surface area contributed by atoms with Crippen LogP contribution < -0.4 is 10.2 Å². The van der Waals surface area contributed by atoms with Gasteiger partial charge in [-0.15, -0.1) is 0 Å². The number of carbonyl (C=O) groups is 1. The van der Waals surface area contributed by atoms with Gasteiger partial charge in [0.2, 0.25) is 11.9 Å². The van der Waals surface area contributed by atoms with Crippen LogP contribution in [0, 0.1) is 33.1 Å². The van der Waals surface area contributed by atoms with Gasteiger partial charge in [-0.25, -0.2) is 9.97 Å². The number of benzene rings is 3. The van der Waals surface area contributed by atoms with Gasteiger partial charge in [-0.3, -0.25) is 25.0 Å². The Bertz CT molecular complexity index is 1610. The van der Waals surface area contributed by atoms with Crippen molar-refractivity contribution >= 4 is 51.4 Å². The number of hydrogen-bond acceptors (Lipinski definition) is 8. The topological polar surface area (TPSA) is 144 Å². The van der Waals surface area contributed by atoms with Crippen LogP contribution in [0.5, 0.6) is 0 Å². The molecular weight excluding hydrogens is 524 g/mol. The Morgan fingerprint density at radius 2 is 1.72 bits per heavy atom. The molecule has 39 heavy (non-hydrogen) atoms. The Balaban J connectivity index is 1.36. The summed E-state index contributed by atoms with van der Waals surface area (Å²) < 4.78 is 0. The van der Waals surface area contributed by atoms with Crippen molar-refractivity contribution < 1.29 is 14.6 Å².